The molecular weight excluding hydrogens is 195 g/mol. The third-order valence-corrected chi connectivity index (χ3v) is 5.40. The first kappa shape index (κ1) is 14.3. The van der Waals surface area contributed by atoms with E-state index in [0.717, 1.165) is 19.2 Å². The van der Waals surface area contributed by atoms with E-state index in [1.54, 1.807) is 0 Å². The van der Waals surface area contributed by atoms with Crippen molar-refractivity contribution in [3.8, 4) is 0 Å². The molecule has 1 N–H and O–H groups in total. The Morgan fingerprint density at radius 3 is 2.14 bits per heavy atom. The van der Waals surface area contributed by atoms with Crippen molar-refractivity contribution >= 4 is 7.92 Å². The fourth-order valence-corrected chi connectivity index (χ4v) is 3.27. The molecule has 0 saturated heterocycles. The van der Waals surface area contributed by atoms with E-state index < -0.39 is 0 Å². The molecule has 2 nitrogen and oxygen atoms in total. The minimum atomic E-state index is -0.381. The molecule has 0 aliphatic rings. The van der Waals surface area contributed by atoms with Gasteiger partial charge in [-0.3, -0.25) is 0 Å². The Hall–Kier alpha value is 0.350. The predicted molar refractivity (Wildman–Crippen MR) is 64.0 cm³/mol. The molecule has 86 valence electrons. The van der Waals surface area contributed by atoms with Gasteiger partial charge in [-0.2, -0.15) is 0 Å². The van der Waals surface area contributed by atoms with Gasteiger partial charge in [-0.15, -0.1) is 0 Å². The summed E-state index contributed by atoms with van der Waals surface area (Å²) in [5.74, 6) is 0.645. The van der Waals surface area contributed by atoms with Gasteiger partial charge in [0.05, 0.1) is 11.7 Å². The summed E-state index contributed by atoms with van der Waals surface area (Å²) in [6, 6.07) is 0. The second-order valence-electron chi connectivity index (χ2n) is 3.91. The van der Waals surface area contributed by atoms with Crippen molar-refractivity contribution in [3.05, 3.63) is 0 Å². The maximum Gasteiger partial charge on any atom is 0.0762 e. The first-order valence-electron chi connectivity index (χ1n) is 5.58. The highest BCUT2D eigenvalue weighted by Crippen LogP contribution is 2.45. The Balaban J connectivity index is 3.86. The fourth-order valence-electron chi connectivity index (χ4n) is 1.34. The number of rotatable bonds is 7. The Morgan fingerprint density at radius 2 is 1.79 bits per heavy atom. The molecule has 0 aromatic rings. The lowest BCUT2D eigenvalue weighted by atomic mass is 10.1. The highest BCUT2D eigenvalue weighted by atomic mass is 31.1. The Morgan fingerprint density at radius 1 is 1.21 bits per heavy atom. The first-order valence-corrected chi connectivity index (χ1v) is 7.24. The lowest BCUT2D eigenvalue weighted by Gasteiger charge is -2.27. The number of ether oxygens (including phenoxy) is 1. The summed E-state index contributed by atoms with van der Waals surface area (Å²) in [5, 5.41) is 9.55. The Kier molecular flexibility index (Phi) is 7.81. The van der Waals surface area contributed by atoms with Gasteiger partial charge in [0.25, 0.3) is 0 Å². The fraction of sp³-hybridized carbons (Fsp3) is 1.00. The number of hydrogen-bond acceptors (Lipinski definition) is 2. The Bertz CT molecular complexity index is 139. The smallest absolute Gasteiger partial charge is 0.0762 e. The summed E-state index contributed by atoms with van der Waals surface area (Å²) >= 11 is 0. The van der Waals surface area contributed by atoms with E-state index in [-0.39, 0.29) is 19.6 Å². The molecule has 0 rings (SSSR count). The van der Waals surface area contributed by atoms with Crippen LogP contribution in [0.25, 0.3) is 0 Å². The van der Waals surface area contributed by atoms with Gasteiger partial charge in [-0.1, -0.05) is 27.2 Å². The number of hydrogen-bond donors (Lipinski definition) is 1. The van der Waals surface area contributed by atoms with Crippen LogP contribution >= 0.6 is 7.92 Å². The number of aliphatic hydroxyl groups excluding tert-OH is 1. The minimum Gasteiger partial charge on any atom is -0.389 e. The molecule has 0 fully saturated rings. The molecule has 0 aromatic carbocycles. The maximum atomic E-state index is 9.55. The zero-order chi connectivity index (χ0) is 11.1. The van der Waals surface area contributed by atoms with Gasteiger partial charge in [0.2, 0.25) is 0 Å². The molecular formula is C11H25O2P. The topological polar surface area (TPSA) is 29.5 Å². The van der Waals surface area contributed by atoms with E-state index in [9.17, 15) is 5.11 Å². The third kappa shape index (κ3) is 5.29. The van der Waals surface area contributed by atoms with E-state index >= 15 is 0 Å². The summed E-state index contributed by atoms with van der Waals surface area (Å²) in [7, 11) is -0.381. The third-order valence-electron chi connectivity index (χ3n) is 2.63. The van der Waals surface area contributed by atoms with Crippen LogP contribution in [0.1, 0.15) is 41.0 Å². The lowest BCUT2D eigenvalue weighted by molar-refractivity contribution is 0.0875. The Labute approximate surface area is 89.8 Å². The largest absolute Gasteiger partial charge is 0.389 e. The monoisotopic (exact) mass is 220 g/mol. The summed E-state index contributed by atoms with van der Waals surface area (Å²) in [6.45, 7) is 11.3. The maximum absolute atomic E-state index is 9.55. The van der Waals surface area contributed by atoms with Crippen LogP contribution in [0.3, 0.4) is 0 Å². The van der Waals surface area contributed by atoms with Crippen LogP contribution in [0.4, 0.5) is 0 Å². The molecule has 0 heterocycles. The predicted octanol–water partition coefficient (Wildman–Crippen LogP) is 3.24. The summed E-state index contributed by atoms with van der Waals surface area (Å²) in [6.07, 6.45) is 2.19. The second-order valence-corrected chi connectivity index (χ2v) is 7.04. The van der Waals surface area contributed by atoms with Crippen molar-refractivity contribution in [2.75, 3.05) is 12.8 Å². The van der Waals surface area contributed by atoms with Crippen molar-refractivity contribution in [1.82, 2.24) is 0 Å². The average Bonchev–Trinajstić information content (AvgIpc) is 2.14. The molecule has 0 amide bonds. The van der Waals surface area contributed by atoms with Crippen LogP contribution in [0.5, 0.6) is 0 Å². The highest BCUT2D eigenvalue weighted by molar-refractivity contribution is 7.58. The van der Waals surface area contributed by atoms with Gasteiger partial charge in [0.15, 0.2) is 0 Å². The second kappa shape index (κ2) is 7.62. The van der Waals surface area contributed by atoms with Gasteiger partial charge in [0, 0.05) is 6.61 Å². The molecule has 3 heteroatoms. The van der Waals surface area contributed by atoms with E-state index in [1.165, 1.54) is 0 Å². The van der Waals surface area contributed by atoms with E-state index in [2.05, 4.69) is 27.7 Å². The van der Waals surface area contributed by atoms with E-state index in [1.807, 2.05) is 6.92 Å². The molecule has 4 unspecified atom stereocenters. The first-order chi connectivity index (χ1) is 6.52. The van der Waals surface area contributed by atoms with Crippen LogP contribution in [0.2, 0.25) is 0 Å². The van der Waals surface area contributed by atoms with Crippen LogP contribution in [-0.2, 0) is 4.74 Å². The SMILES string of the molecule is CCC(C)COC(C)P(CC)C(C)O. The van der Waals surface area contributed by atoms with Crippen molar-refractivity contribution in [2.24, 2.45) is 5.92 Å². The molecule has 14 heavy (non-hydrogen) atoms. The van der Waals surface area contributed by atoms with Gasteiger partial charge in [0.1, 0.15) is 0 Å². The normalized spacial score (nSPS) is 20.1. The molecule has 0 bridgehead atoms. The average molecular weight is 220 g/mol. The summed E-state index contributed by atoms with van der Waals surface area (Å²) in [5.41, 5.74) is 0. The van der Waals surface area contributed by atoms with E-state index in [4.69, 9.17) is 4.74 Å². The van der Waals surface area contributed by atoms with Crippen LogP contribution in [0.15, 0.2) is 0 Å². The highest BCUT2D eigenvalue weighted by Gasteiger charge is 2.20. The van der Waals surface area contributed by atoms with Crippen molar-refractivity contribution in [2.45, 2.75) is 52.7 Å². The molecule has 0 spiro atoms. The molecule has 0 saturated carbocycles. The minimum absolute atomic E-state index is 0.207. The van der Waals surface area contributed by atoms with Gasteiger partial charge in [-0.05, 0) is 33.8 Å². The van der Waals surface area contributed by atoms with Crippen molar-refractivity contribution in [1.29, 1.82) is 0 Å². The lowest BCUT2D eigenvalue weighted by Crippen LogP contribution is -2.17. The quantitative estimate of drug-likeness (QED) is 0.667. The van der Waals surface area contributed by atoms with Crippen LogP contribution < -0.4 is 0 Å². The van der Waals surface area contributed by atoms with Crippen LogP contribution in [0, 0.1) is 5.92 Å². The summed E-state index contributed by atoms with van der Waals surface area (Å²) in [4.78, 5) is 0. The standard InChI is InChI=1S/C11H25O2P/c1-6-9(3)8-13-11(5)14(7-2)10(4)12/h9-12H,6-8H2,1-5H3. The zero-order valence-electron chi connectivity index (χ0n) is 10.2. The molecule has 4 atom stereocenters. The number of aliphatic hydroxyl groups is 1. The van der Waals surface area contributed by atoms with Crippen molar-refractivity contribution < 1.29 is 9.84 Å². The molecule has 0 radical (unpaired) electrons. The van der Waals surface area contributed by atoms with Gasteiger partial charge < -0.3 is 9.84 Å². The van der Waals surface area contributed by atoms with Crippen molar-refractivity contribution in [3.63, 3.8) is 0 Å². The van der Waals surface area contributed by atoms with Gasteiger partial charge in [-0.25, -0.2) is 0 Å². The zero-order valence-corrected chi connectivity index (χ0v) is 11.1. The molecule has 0 aliphatic heterocycles. The van der Waals surface area contributed by atoms with Gasteiger partial charge >= 0.3 is 0 Å². The summed E-state index contributed by atoms with van der Waals surface area (Å²) < 4.78 is 5.78. The van der Waals surface area contributed by atoms with Crippen LogP contribution in [-0.4, -0.2) is 29.6 Å². The molecule has 0 aromatic heterocycles. The molecule has 0 aliphatic carbocycles. The van der Waals surface area contributed by atoms with E-state index in [0.29, 0.717) is 5.92 Å².